The number of carbonyl (C=O) groups is 2. The van der Waals surface area contributed by atoms with Crippen LogP contribution in [-0.2, 0) is 11.2 Å². The summed E-state index contributed by atoms with van der Waals surface area (Å²) in [5.41, 5.74) is 0.405. The molecule has 0 fully saturated rings. The molecule has 2 amide bonds. The molecule has 0 aliphatic heterocycles. The number of thiazole rings is 1. The minimum Gasteiger partial charge on any atom is -0.350 e. The summed E-state index contributed by atoms with van der Waals surface area (Å²) >= 11 is 1.41. The highest BCUT2D eigenvalue weighted by atomic mass is 32.1. The maximum Gasteiger partial charge on any atom is 0.263 e. The predicted molar refractivity (Wildman–Crippen MR) is 90.2 cm³/mol. The second-order valence-electron chi connectivity index (χ2n) is 7.05. The minimum atomic E-state index is -0.582. The third kappa shape index (κ3) is 5.75. The highest BCUT2D eigenvalue weighted by molar-refractivity contribution is 7.13. The molecule has 0 saturated carbocycles. The van der Waals surface area contributed by atoms with E-state index in [2.05, 4.69) is 29.5 Å². The third-order valence-electron chi connectivity index (χ3n) is 2.87. The Kier molecular flexibility index (Phi) is 6.11. The van der Waals surface area contributed by atoms with Gasteiger partial charge in [-0.1, -0.05) is 13.8 Å². The maximum atomic E-state index is 12.3. The Morgan fingerprint density at radius 1 is 1.23 bits per heavy atom. The largest absolute Gasteiger partial charge is 0.350 e. The van der Waals surface area contributed by atoms with Gasteiger partial charge < -0.3 is 10.6 Å². The van der Waals surface area contributed by atoms with Crippen molar-refractivity contribution in [2.75, 3.05) is 0 Å². The normalized spacial score (nSPS) is 13.1. The van der Waals surface area contributed by atoms with E-state index in [-0.39, 0.29) is 17.4 Å². The van der Waals surface area contributed by atoms with Gasteiger partial charge in [0.1, 0.15) is 10.9 Å². The number of aryl methyl sites for hydroxylation is 1. The van der Waals surface area contributed by atoms with Gasteiger partial charge in [0, 0.05) is 12.0 Å². The van der Waals surface area contributed by atoms with Crippen molar-refractivity contribution in [1.29, 1.82) is 0 Å². The molecule has 0 aliphatic carbocycles. The van der Waals surface area contributed by atoms with Crippen molar-refractivity contribution in [1.82, 2.24) is 15.6 Å². The molecule has 1 atom stereocenters. The fraction of sp³-hybridized carbons (Fsp3) is 0.688. The van der Waals surface area contributed by atoms with Crippen LogP contribution < -0.4 is 10.6 Å². The van der Waals surface area contributed by atoms with E-state index in [9.17, 15) is 9.59 Å². The van der Waals surface area contributed by atoms with E-state index in [1.54, 1.807) is 6.92 Å². The van der Waals surface area contributed by atoms with E-state index in [4.69, 9.17) is 0 Å². The summed E-state index contributed by atoms with van der Waals surface area (Å²) in [5.74, 6) is 0.0740. The zero-order chi connectivity index (χ0) is 17.1. The van der Waals surface area contributed by atoms with E-state index < -0.39 is 6.04 Å². The van der Waals surface area contributed by atoms with Crippen molar-refractivity contribution in [3.05, 3.63) is 15.6 Å². The summed E-state index contributed by atoms with van der Waals surface area (Å²) < 4.78 is 0. The summed E-state index contributed by atoms with van der Waals surface area (Å²) in [6.45, 7) is 13.5. The van der Waals surface area contributed by atoms with Crippen molar-refractivity contribution in [3.63, 3.8) is 0 Å². The summed E-state index contributed by atoms with van der Waals surface area (Å²) in [7, 11) is 0. The second kappa shape index (κ2) is 7.22. The molecule has 6 heteroatoms. The lowest BCUT2D eigenvalue weighted by molar-refractivity contribution is -0.124. The van der Waals surface area contributed by atoms with Crippen molar-refractivity contribution in [3.8, 4) is 0 Å². The summed E-state index contributed by atoms with van der Waals surface area (Å²) in [6.07, 6.45) is 0.860. The van der Waals surface area contributed by atoms with Crippen molar-refractivity contribution < 1.29 is 9.59 Å². The number of hydrogen-bond acceptors (Lipinski definition) is 4. The molecular weight excluding hydrogens is 298 g/mol. The van der Waals surface area contributed by atoms with Gasteiger partial charge in [0.15, 0.2) is 0 Å². The Labute approximate surface area is 136 Å². The molecule has 22 heavy (non-hydrogen) atoms. The van der Waals surface area contributed by atoms with Gasteiger partial charge in [-0.15, -0.1) is 11.3 Å². The Bertz CT molecular complexity index is 544. The average Bonchev–Trinajstić information content (AvgIpc) is 2.66. The molecule has 1 unspecified atom stereocenters. The van der Waals surface area contributed by atoms with Crippen LogP contribution >= 0.6 is 11.3 Å². The monoisotopic (exact) mass is 325 g/mol. The SMILES string of the molecule is Cc1nc(CC(C)C)sc1C(=O)NC(C)C(=O)NC(C)(C)C. The molecule has 1 rings (SSSR count). The molecule has 1 aromatic heterocycles. The van der Waals surface area contributed by atoms with Gasteiger partial charge in [0.2, 0.25) is 5.91 Å². The molecule has 0 aliphatic rings. The van der Waals surface area contributed by atoms with Gasteiger partial charge in [0.05, 0.1) is 10.7 Å². The van der Waals surface area contributed by atoms with E-state index in [0.29, 0.717) is 10.8 Å². The topological polar surface area (TPSA) is 71.1 Å². The molecule has 0 saturated heterocycles. The summed E-state index contributed by atoms with van der Waals surface area (Å²) in [4.78, 5) is 29.4. The molecule has 124 valence electrons. The Morgan fingerprint density at radius 2 is 1.82 bits per heavy atom. The predicted octanol–water partition coefficient (Wildman–Crippen LogP) is 2.68. The van der Waals surface area contributed by atoms with Crippen LogP contribution in [-0.4, -0.2) is 28.4 Å². The zero-order valence-corrected chi connectivity index (χ0v) is 15.4. The average molecular weight is 325 g/mol. The number of rotatable bonds is 5. The number of aromatic nitrogens is 1. The van der Waals surface area contributed by atoms with Crippen LogP contribution in [0, 0.1) is 12.8 Å². The summed E-state index contributed by atoms with van der Waals surface area (Å²) in [6, 6.07) is -0.582. The smallest absolute Gasteiger partial charge is 0.263 e. The molecule has 0 spiro atoms. The van der Waals surface area contributed by atoms with Crippen LogP contribution in [0.4, 0.5) is 0 Å². The Balaban J connectivity index is 2.72. The van der Waals surface area contributed by atoms with Crippen LogP contribution in [0.5, 0.6) is 0 Å². The van der Waals surface area contributed by atoms with Gasteiger partial charge in [-0.05, 0) is 40.5 Å². The van der Waals surface area contributed by atoms with Crippen LogP contribution in [0.3, 0.4) is 0 Å². The summed E-state index contributed by atoms with van der Waals surface area (Å²) in [5, 5.41) is 6.56. The van der Waals surface area contributed by atoms with Crippen molar-refractivity contribution in [2.24, 2.45) is 5.92 Å². The highest BCUT2D eigenvalue weighted by Crippen LogP contribution is 2.20. The fourth-order valence-electron chi connectivity index (χ4n) is 1.91. The van der Waals surface area contributed by atoms with Crippen molar-refractivity contribution >= 4 is 23.2 Å². The number of hydrogen-bond donors (Lipinski definition) is 2. The standard InChI is InChI=1S/C16H27N3O2S/c1-9(2)8-12-17-10(3)13(22-12)15(21)18-11(4)14(20)19-16(5,6)7/h9,11H,8H2,1-7H3,(H,18,21)(H,19,20). The van der Waals surface area contributed by atoms with Gasteiger partial charge >= 0.3 is 0 Å². The molecular formula is C16H27N3O2S. The molecule has 0 radical (unpaired) electrons. The van der Waals surface area contributed by atoms with E-state index in [1.807, 2.05) is 27.7 Å². The van der Waals surface area contributed by atoms with Gasteiger partial charge in [0.25, 0.3) is 5.91 Å². The van der Waals surface area contributed by atoms with Gasteiger partial charge in [-0.25, -0.2) is 4.98 Å². The zero-order valence-electron chi connectivity index (χ0n) is 14.5. The first-order valence-electron chi connectivity index (χ1n) is 7.58. The molecule has 2 N–H and O–H groups in total. The first-order valence-corrected chi connectivity index (χ1v) is 8.40. The maximum absolute atomic E-state index is 12.3. The second-order valence-corrected chi connectivity index (χ2v) is 8.14. The van der Waals surface area contributed by atoms with E-state index in [1.165, 1.54) is 11.3 Å². The molecule has 1 aromatic rings. The molecule has 0 aromatic carbocycles. The van der Waals surface area contributed by atoms with Crippen LogP contribution in [0.1, 0.15) is 61.9 Å². The van der Waals surface area contributed by atoms with Gasteiger partial charge in [-0.3, -0.25) is 9.59 Å². The molecule has 5 nitrogen and oxygen atoms in total. The van der Waals surface area contributed by atoms with Crippen LogP contribution in [0.2, 0.25) is 0 Å². The fourth-order valence-corrected chi connectivity index (χ4v) is 3.08. The number of carbonyl (C=O) groups excluding carboxylic acids is 2. The lowest BCUT2D eigenvalue weighted by Gasteiger charge is -2.23. The Morgan fingerprint density at radius 3 is 2.32 bits per heavy atom. The lowest BCUT2D eigenvalue weighted by Crippen LogP contribution is -2.50. The van der Waals surface area contributed by atoms with E-state index >= 15 is 0 Å². The molecule has 0 bridgehead atoms. The highest BCUT2D eigenvalue weighted by Gasteiger charge is 2.23. The van der Waals surface area contributed by atoms with Gasteiger partial charge in [-0.2, -0.15) is 0 Å². The minimum absolute atomic E-state index is 0.189. The van der Waals surface area contributed by atoms with Crippen LogP contribution in [0.15, 0.2) is 0 Å². The van der Waals surface area contributed by atoms with Crippen molar-refractivity contribution in [2.45, 2.75) is 66.5 Å². The third-order valence-corrected chi connectivity index (χ3v) is 4.05. The lowest BCUT2D eigenvalue weighted by atomic mass is 10.1. The molecule has 1 heterocycles. The van der Waals surface area contributed by atoms with E-state index in [0.717, 1.165) is 17.1 Å². The number of amides is 2. The first kappa shape index (κ1) is 18.6. The Hall–Kier alpha value is -1.43. The quantitative estimate of drug-likeness (QED) is 0.874. The first-order chi connectivity index (χ1) is 9.99. The number of nitrogens with zero attached hydrogens (tertiary/aromatic N) is 1. The van der Waals surface area contributed by atoms with Crippen LogP contribution in [0.25, 0.3) is 0 Å². The number of nitrogens with one attached hydrogen (secondary N) is 2.